The van der Waals surface area contributed by atoms with Crippen LogP contribution in [0.5, 0.6) is 0 Å². The average molecular weight is 157 g/mol. The molecule has 10 heavy (non-hydrogen) atoms. The van der Waals surface area contributed by atoms with Crippen molar-refractivity contribution in [2.75, 3.05) is 0 Å². The molecule has 2 heterocycles. The number of fused-ring (bicyclic) bond motifs is 1. The summed E-state index contributed by atoms with van der Waals surface area (Å²) >= 11 is 5.56. The number of hydrogen-bond donors (Lipinski definition) is 1. The van der Waals surface area contributed by atoms with E-state index in [1.165, 1.54) is 0 Å². The Bertz CT molecular complexity index is 355. The van der Waals surface area contributed by atoms with Crippen molar-refractivity contribution in [3.63, 3.8) is 0 Å². The molecule has 0 bridgehead atoms. The maximum Gasteiger partial charge on any atom is 0.228 e. The average Bonchev–Trinajstić information content (AvgIpc) is 2.36. The highest BCUT2D eigenvalue weighted by molar-refractivity contribution is 6.33. The predicted molar refractivity (Wildman–Crippen MR) is 32.3 cm³/mol. The van der Waals surface area contributed by atoms with E-state index in [4.69, 9.17) is 11.6 Å². The number of aromatic amines is 1. The Hall–Kier alpha value is -1.30. The molecule has 0 amide bonds. The molecule has 0 spiro atoms. The van der Waals surface area contributed by atoms with Gasteiger partial charge >= 0.3 is 0 Å². The largest absolute Gasteiger partial charge is 0.228 e. The molecule has 50 valence electrons. The van der Waals surface area contributed by atoms with E-state index in [2.05, 4.69) is 30.8 Å². The van der Waals surface area contributed by atoms with Crippen LogP contribution in [-0.4, -0.2) is 30.8 Å². The van der Waals surface area contributed by atoms with Crippen molar-refractivity contribution >= 4 is 22.8 Å². The van der Waals surface area contributed by atoms with Gasteiger partial charge in [-0.05, 0) is 5.21 Å². The Kier molecular flexibility index (Phi) is 1.01. The first kappa shape index (κ1) is 5.48. The SMILES string of the molecule is Clc1nnnc2n[nH]nc12. The zero-order valence-corrected chi connectivity index (χ0v) is 5.37. The van der Waals surface area contributed by atoms with Crippen molar-refractivity contribution in [3.05, 3.63) is 5.15 Å². The van der Waals surface area contributed by atoms with Crippen molar-refractivity contribution in [3.8, 4) is 0 Å². The molecule has 0 atom stereocenters. The maximum atomic E-state index is 5.56. The highest BCUT2D eigenvalue weighted by Gasteiger charge is 2.04. The summed E-state index contributed by atoms with van der Waals surface area (Å²) in [6, 6.07) is 0. The molecule has 2 aromatic heterocycles. The molecule has 6 nitrogen and oxygen atoms in total. The summed E-state index contributed by atoms with van der Waals surface area (Å²) in [6.45, 7) is 0. The molecule has 0 saturated carbocycles. The van der Waals surface area contributed by atoms with Crippen LogP contribution in [-0.2, 0) is 0 Å². The van der Waals surface area contributed by atoms with Crippen molar-refractivity contribution in [1.29, 1.82) is 0 Å². The van der Waals surface area contributed by atoms with E-state index in [1.54, 1.807) is 0 Å². The second-order valence-electron chi connectivity index (χ2n) is 1.58. The minimum absolute atomic E-state index is 0.207. The number of aromatic nitrogens is 6. The van der Waals surface area contributed by atoms with Crippen LogP contribution in [0, 0.1) is 0 Å². The van der Waals surface area contributed by atoms with Crippen molar-refractivity contribution in [2.24, 2.45) is 0 Å². The standard InChI is InChI=1S/C3HClN6/c4-2-1-3(7-9-5-1)8-10-6-2/h(H,5,6,7,8,9). The van der Waals surface area contributed by atoms with Gasteiger partial charge in [-0.25, -0.2) is 0 Å². The third-order valence-corrected chi connectivity index (χ3v) is 1.25. The zero-order chi connectivity index (χ0) is 6.97. The molecule has 1 N–H and O–H groups in total. The summed E-state index contributed by atoms with van der Waals surface area (Å²) < 4.78 is 0. The second-order valence-corrected chi connectivity index (χ2v) is 1.93. The van der Waals surface area contributed by atoms with Crippen molar-refractivity contribution in [1.82, 2.24) is 30.8 Å². The first-order valence-corrected chi connectivity index (χ1v) is 2.81. The van der Waals surface area contributed by atoms with Gasteiger partial charge in [0.25, 0.3) is 0 Å². The number of H-pyrrole nitrogens is 1. The Labute approximate surface area is 59.6 Å². The molecule has 2 aromatic rings. The van der Waals surface area contributed by atoms with Gasteiger partial charge in [0.05, 0.1) is 0 Å². The van der Waals surface area contributed by atoms with E-state index in [-0.39, 0.29) is 5.15 Å². The molecule has 0 fully saturated rings. The van der Waals surface area contributed by atoms with Gasteiger partial charge in [-0.1, -0.05) is 11.6 Å². The van der Waals surface area contributed by atoms with Crippen molar-refractivity contribution in [2.45, 2.75) is 0 Å². The van der Waals surface area contributed by atoms with E-state index < -0.39 is 0 Å². The van der Waals surface area contributed by atoms with E-state index in [9.17, 15) is 0 Å². The lowest BCUT2D eigenvalue weighted by Crippen LogP contribution is -1.87. The highest BCUT2D eigenvalue weighted by Crippen LogP contribution is 2.10. The molecule has 0 saturated heterocycles. The molecule has 7 heteroatoms. The Morgan fingerprint density at radius 3 is 2.90 bits per heavy atom. The summed E-state index contributed by atoms with van der Waals surface area (Å²) in [5, 5.41) is 20.2. The third kappa shape index (κ3) is 0.623. The van der Waals surface area contributed by atoms with Gasteiger partial charge < -0.3 is 0 Å². The van der Waals surface area contributed by atoms with Gasteiger partial charge in [-0.2, -0.15) is 10.3 Å². The van der Waals surface area contributed by atoms with Crippen molar-refractivity contribution < 1.29 is 0 Å². The Balaban J connectivity index is 2.95. The lowest BCUT2D eigenvalue weighted by atomic mass is 10.6. The van der Waals surface area contributed by atoms with Gasteiger partial charge in [0, 0.05) is 0 Å². The molecule has 0 aliphatic rings. The fraction of sp³-hybridized carbons (Fsp3) is 0. The van der Waals surface area contributed by atoms with E-state index in [0.717, 1.165) is 0 Å². The topological polar surface area (TPSA) is 80.2 Å². The minimum Gasteiger partial charge on any atom is -0.195 e. The van der Waals surface area contributed by atoms with Gasteiger partial charge in [0.2, 0.25) is 5.65 Å². The number of halogens is 1. The Morgan fingerprint density at radius 2 is 2.10 bits per heavy atom. The van der Waals surface area contributed by atoms with Crippen LogP contribution in [0.3, 0.4) is 0 Å². The maximum absolute atomic E-state index is 5.56. The van der Waals surface area contributed by atoms with E-state index in [1.807, 2.05) is 0 Å². The lowest BCUT2D eigenvalue weighted by Gasteiger charge is -1.82. The monoisotopic (exact) mass is 156 g/mol. The molecule has 0 unspecified atom stereocenters. The molecular formula is C3HClN6. The summed E-state index contributed by atoms with van der Waals surface area (Å²) in [7, 11) is 0. The quantitative estimate of drug-likeness (QED) is 0.571. The third-order valence-electron chi connectivity index (χ3n) is 0.997. The van der Waals surface area contributed by atoms with Crippen LogP contribution in [0.4, 0.5) is 0 Å². The van der Waals surface area contributed by atoms with E-state index >= 15 is 0 Å². The first-order valence-electron chi connectivity index (χ1n) is 2.43. The zero-order valence-electron chi connectivity index (χ0n) is 4.61. The molecule has 0 aliphatic carbocycles. The minimum atomic E-state index is 0.207. The number of rotatable bonds is 0. The van der Waals surface area contributed by atoms with Crippen LogP contribution in [0.2, 0.25) is 5.15 Å². The molecular weight excluding hydrogens is 156 g/mol. The van der Waals surface area contributed by atoms with Crippen LogP contribution in [0.1, 0.15) is 0 Å². The van der Waals surface area contributed by atoms with Crippen LogP contribution in [0.15, 0.2) is 0 Å². The van der Waals surface area contributed by atoms with E-state index in [0.29, 0.717) is 11.2 Å². The van der Waals surface area contributed by atoms with Gasteiger partial charge in [-0.3, -0.25) is 0 Å². The summed E-state index contributed by atoms with van der Waals surface area (Å²) in [6.07, 6.45) is 0. The van der Waals surface area contributed by atoms with Gasteiger partial charge in [-0.15, -0.1) is 15.3 Å². The van der Waals surface area contributed by atoms with Gasteiger partial charge in [0.1, 0.15) is 0 Å². The lowest BCUT2D eigenvalue weighted by molar-refractivity contribution is 0.883. The number of nitrogens with one attached hydrogen (secondary N) is 1. The summed E-state index contributed by atoms with van der Waals surface area (Å²) in [4.78, 5) is 0. The molecule has 0 aliphatic heterocycles. The van der Waals surface area contributed by atoms with Gasteiger partial charge in [0.15, 0.2) is 10.7 Å². The fourth-order valence-electron chi connectivity index (χ4n) is 0.585. The fourth-order valence-corrected chi connectivity index (χ4v) is 0.745. The second kappa shape index (κ2) is 1.84. The number of hydrogen-bond acceptors (Lipinski definition) is 5. The van der Waals surface area contributed by atoms with Crippen LogP contribution >= 0.6 is 11.6 Å². The normalized spacial score (nSPS) is 10.5. The highest BCUT2D eigenvalue weighted by atomic mass is 35.5. The van der Waals surface area contributed by atoms with Crippen LogP contribution < -0.4 is 0 Å². The summed E-state index contributed by atoms with van der Waals surface area (Å²) in [5.74, 6) is 0. The predicted octanol–water partition coefficient (Wildman–Crippen LogP) is -0.204. The first-order chi connectivity index (χ1) is 4.88. The molecule has 0 aromatic carbocycles. The van der Waals surface area contributed by atoms with Crippen LogP contribution in [0.25, 0.3) is 11.2 Å². The molecule has 2 rings (SSSR count). The Morgan fingerprint density at radius 1 is 1.20 bits per heavy atom. The number of nitrogens with zero attached hydrogens (tertiary/aromatic N) is 5. The molecule has 0 radical (unpaired) electrons. The summed E-state index contributed by atoms with van der Waals surface area (Å²) in [5.41, 5.74) is 0.816. The smallest absolute Gasteiger partial charge is 0.195 e.